The summed E-state index contributed by atoms with van der Waals surface area (Å²) in [5.74, 6) is 1.26. The Labute approximate surface area is 174 Å². The van der Waals surface area contributed by atoms with Crippen molar-refractivity contribution in [2.75, 3.05) is 13.2 Å². The summed E-state index contributed by atoms with van der Waals surface area (Å²) in [6.45, 7) is 9.71. The molecule has 0 N–H and O–H groups in total. The molecule has 0 unspecified atom stereocenters. The van der Waals surface area contributed by atoms with Crippen LogP contribution in [0.25, 0.3) is 10.2 Å². The van der Waals surface area contributed by atoms with Crippen LogP contribution in [0.5, 0.6) is 11.5 Å². The third-order valence-electron chi connectivity index (χ3n) is 4.34. The van der Waals surface area contributed by atoms with Gasteiger partial charge in [0.1, 0.15) is 17.0 Å². The first-order valence-electron chi connectivity index (χ1n) is 9.85. The number of hydrogen-bond donors (Lipinski definition) is 0. The molecule has 0 saturated carbocycles. The predicted octanol–water partition coefficient (Wildman–Crippen LogP) is 5.21. The zero-order chi connectivity index (χ0) is 20.6. The molecule has 0 fully saturated rings. The second-order valence-corrected chi connectivity index (χ2v) is 7.47. The first-order valence-corrected chi connectivity index (χ1v) is 10.7. The Morgan fingerprint density at radius 1 is 1.17 bits per heavy atom. The Balaban J connectivity index is 1.94. The normalized spacial score (nSPS) is 11.6. The van der Waals surface area contributed by atoms with Gasteiger partial charge in [0.2, 0.25) is 0 Å². The average molecular weight is 411 g/mol. The fraction of sp³-hybridized carbons (Fsp3) is 0.304. The van der Waals surface area contributed by atoms with Crippen LogP contribution in [0.1, 0.15) is 37.0 Å². The Kier molecular flexibility index (Phi) is 7.25. The Bertz CT molecular complexity index is 1050. The maximum absolute atomic E-state index is 12.8. The van der Waals surface area contributed by atoms with Crippen molar-refractivity contribution >= 4 is 27.5 Å². The van der Waals surface area contributed by atoms with Gasteiger partial charge in [-0.1, -0.05) is 36.8 Å². The lowest BCUT2D eigenvalue weighted by Crippen LogP contribution is -2.16. The lowest BCUT2D eigenvalue weighted by molar-refractivity contribution is 0.0998. The number of unbranched alkanes of at least 4 members (excludes halogenated alkanes) is 1. The topological polar surface area (TPSA) is 52.8 Å². The number of thiazole rings is 1. The van der Waals surface area contributed by atoms with Gasteiger partial charge >= 0.3 is 0 Å². The molecule has 0 bridgehead atoms. The quantitative estimate of drug-likeness (QED) is 0.359. The van der Waals surface area contributed by atoms with Gasteiger partial charge in [0.05, 0.1) is 17.9 Å². The van der Waals surface area contributed by atoms with Gasteiger partial charge in [0, 0.05) is 12.1 Å². The van der Waals surface area contributed by atoms with E-state index in [-0.39, 0.29) is 5.91 Å². The monoisotopic (exact) mass is 410 g/mol. The SMILES string of the molecule is C=CCn1c(=NC(=O)c2ccc(OCCCC)cc2)sc2cccc(OCC)c21. The van der Waals surface area contributed by atoms with Crippen LogP contribution in [0.2, 0.25) is 0 Å². The van der Waals surface area contributed by atoms with E-state index in [1.54, 1.807) is 18.2 Å². The van der Waals surface area contributed by atoms with Crippen LogP contribution < -0.4 is 14.3 Å². The summed E-state index contributed by atoms with van der Waals surface area (Å²) < 4.78 is 14.4. The summed E-state index contributed by atoms with van der Waals surface area (Å²) in [7, 11) is 0. The van der Waals surface area contributed by atoms with Crippen molar-refractivity contribution in [3.8, 4) is 11.5 Å². The van der Waals surface area contributed by atoms with Gasteiger partial charge in [0.25, 0.3) is 5.91 Å². The van der Waals surface area contributed by atoms with Crippen molar-refractivity contribution in [2.24, 2.45) is 4.99 Å². The number of carbonyl (C=O) groups excluding carboxylic acids is 1. The van der Waals surface area contributed by atoms with Gasteiger partial charge < -0.3 is 14.0 Å². The molecule has 0 spiro atoms. The minimum Gasteiger partial charge on any atom is -0.494 e. The predicted molar refractivity (Wildman–Crippen MR) is 118 cm³/mol. The smallest absolute Gasteiger partial charge is 0.279 e. The van der Waals surface area contributed by atoms with E-state index in [1.807, 2.05) is 41.8 Å². The summed E-state index contributed by atoms with van der Waals surface area (Å²) in [6.07, 6.45) is 3.89. The second kappa shape index (κ2) is 10.1. The number of ether oxygens (including phenoxy) is 2. The number of hydrogen-bond acceptors (Lipinski definition) is 4. The molecule has 0 saturated heterocycles. The van der Waals surface area contributed by atoms with Crippen molar-refractivity contribution in [2.45, 2.75) is 33.2 Å². The summed E-state index contributed by atoms with van der Waals surface area (Å²) in [4.78, 5) is 17.8. The average Bonchev–Trinajstić information content (AvgIpc) is 3.07. The van der Waals surface area contributed by atoms with Crippen LogP contribution >= 0.6 is 11.3 Å². The van der Waals surface area contributed by atoms with E-state index in [0.717, 1.165) is 34.6 Å². The highest BCUT2D eigenvalue weighted by molar-refractivity contribution is 7.16. The van der Waals surface area contributed by atoms with Crippen molar-refractivity contribution in [3.05, 3.63) is 65.5 Å². The molecule has 0 aliphatic rings. The molecule has 6 heteroatoms. The molecule has 0 aliphatic carbocycles. The zero-order valence-corrected chi connectivity index (χ0v) is 17.7. The van der Waals surface area contributed by atoms with Gasteiger partial charge in [-0.25, -0.2) is 0 Å². The molecule has 2 aromatic carbocycles. The summed E-state index contributed by atoms with van der Waals surface area (Å²) in [6, 6.07) is 13.0. The van der Waals surface area contributed by atoms with Gasteiger partial charge in [-0.05, 0) is 49.7 Å². The number of nitrogens with zero attached hydrogens (tertiary/aromatic N) is 2. The minimum atomic E-state index is -0.285. The summed E-state index contributed by atoms with van der Waals surface area (Å²) in [5, 5.41) is 0. The molecule has 0 aliphatic heterocycles. The molecule has 3 rings (SSSR count). The van der Waals surface area contributed by atoms with E-state index >= 15 is 0 Å². The van der Waals surface area contributed by atoms with Crippen molar-refractivity contribution in [1.82, 2.24) is 4.57 Å². The maximum Gasteiger partial charge on any atom is 0.279 e. The van der Waals surface area contributed by atoms with Crippen LogP contribution in [0, 0.1) is 0 Å². The van der Waals surface area contributed by atoms with Crippen LogP contribution in [0.3, 0.4) is 0 Å². The number of allylic oxidation sites excluding steroid dienone is 1. The Hall–Kier alpha value is -2.86. The number of benzene rings is 2. The van der Waals surface area contributed by atoms with Crippen molar-refractivity contribution in [3.63, 3.8) is 0 Å². The number of rotatable bonds is 9. The van der Waals surface area contributed by atoms with Gasteiger partial charge in [-0.3, -0.25) is 4.79 Å². The number of para-hydroxylation sites is 1. The van der Waals surface area contributed by atoms with Crippen molar-refractivity contribution < 1.29 is 14.3 Å². The Morgan fingerprint density at radius 3 is 2.66 bits per heavy atom. The number of aromatic nitrogens is 1. The third-order valence-corrected chi connectivity index (χ3v) is 5.38. The molecule has 1 amide bonds. The lowest BCUT2D eigenvalue weighted by Gasteiger charge is -2.08. The first kappa shape index (κ1) is 20.9. The van der Waals surface area contributed by atoms with E-state index < -0.39 is 0 Å². The number of amides is 1. The minimum absolute atomic E-state index is 0.285. The summed E-state index contributed by atoms with van der Waals surface area (Å²) in [5.41, 5.74) is 1.46. The van der Waals surface area contributed by atoms with Gasteiger partial charge in [-0.2, -0.15) is 4.99 Å². The molecular weight excluding hydrogens is 384 g/mol. The van der Waals surface area contributed by atoms with Crippen LogP contribution in [0.4, 0.5) is 0 Å². The number of carbonyl (C=O) groups is 1. The molecule has 5 nitrogen and oxygen atoms in total. The van der Waals surface area contributed by atoms with Gasteiger partial charge in [-0.15, -0.1) is 6.58 Å². The molecule has 1 heterocycles. The van der Waals surface area contributed by atoms with Crippen LogP contribution in [0.15, 0.2) is 60.1 Å². The molecule has 1 aromatic heterocycles. The molecule has 152 valence electrons. The van der Waals surface area contributed by atoms with Crippen molar-refractivity contribution in [1.29, 1.82) is 0 Å². The van der Waals surface area contributed by atoms with E-state index in [9.17, 15) is 4.79 Å². The van der Waals surface area contributed by atoms with Crippen LogP contribution in [-0.2, 0) is 6.54 Å². The Morgan fingerprint density at radius 2 is 1.97 bits per heavy atom. The molecule has 0 atom stereocenters. The van der Waals surface area contributed by atoms with E-state index in [4.69, 9.17) is 9.47 Å². The standard InChI is InChI=1S/C23H26N2O3S/c1-4-7-16-28-18-13-11-17(12-14-18)22(26)24-23-25(15-5-2)21-19(27-6-3)9-8-10-20(21)29-23/h5,8-14H,2,4,6-7,15-16H2,1,3H3. The fourth-order valence-corrected chi connectivity index (χ4v) is 3.99. The van der Waals surface area contributed by atoms with Crippen LogP contribution in [-0.4, -0.2) is 23.7 Å². The first-order chi connectivity index (χ1) is 14.2. The highest BCUT2D eigenvalue weighted by atomic mass is 32.1. The highest BCUT2D eigenvalue weighted by Gasteiger charge is 2.12. The molecular formula is C23H26N2O3S. The lowest BCUT2D eigenvalue weighted by atomic mass is 10.2. The van der Waals surface area contributed by atoms with Gasteiger partial charge in [0.15, 0.2) is 4.80 Å². The van der Waals surface area contributed by atoms with E-state index in [1.165, 1.54) is 11.3 Å². The largest absolute Gasteiger partial charge is 0.494 e. The number of fused-ring (bicyclic) bond motifs is 1. The van der Waals surface area contributed by atoms with E-state index in [2.05, 4.69) is 18.5 Å². The summed E-state index contributed by atoms with van der Waals surface area (Å²) >= 11 is 1.47. The maximum atomic E-state index is 12.8. The fourth-order valence-electron chi connectivity index (χ4n) is 2.93. The van der Waals surface area contributed by atoms with E-state index in [0.29, 0.717) is 30.1 Å². The second-order valence-electron chi connectivity index (χ2n) is 6.46. The third kappa shape index (κ3) is 4.95. The molecule has 0 radical (unpaired) electrons. The molecule has 3 aromatic rings. The zero-order valence-electron chi connectivity index (χ0n) is 16.9. The highest BCUT2D eigenvalue weighted by Crippen LogP contribution is 2.27. The molecule has 29 heavy (non-hydrogen) atoms.